The van der Waals surface area contributed by atoms with E-state index in [1.807, 2.05) is 6.08 Å². The van der Waals surface area contributed by atoms with Gasteiger partial charge in [-0.25, -0.2) is 0 Å². The Bertz CT molecular complexity index is 795. The van der Waals surface area contributed by atoms with E-state index in [2.05, 4.69) is 75.2 Å². The fourth-order valence-corrected chi connectivity index (χ4v) is 3.92. The van der Waals surface area contributed by atoms with Gasteiger partial charge in [-0.3, -0.25) is 0 Å². The van der Waals surface area contributed by atoms with Crippen LogP contribution in [-0.4, -0.2) is 6.54 Å². The summed E-state index contributed by atoms with van der Waals surface area (Å²) in [7, 11) is 0. The lowest BCUT2D eigenvalue weighted by Crippen LogP contribution is -2.27. The number of nitrogens with zero attached hydrogens (tertiary/aromatic N) is 1. The van der Waals surface area contributed by atoms with Crippen LogP contribution in [0.5, 0.6) is 0 Å². The normalized spacial score (nSPS) is 10.8. The fourth-order valence-electron chi connectivity index (χ4n) is 3.92. The SMILES string of the molecule is C=Cc1ccc(N(Cc2cc(CCC)cc(CCC)c2)C(=C)CN)c(CCC)c1. The van der Waals surface area contributed by atoms with Crippen LogP contribution in [-0.2, 0) is 25.8 Å². The van der Waals surface area contributed by atoms with Gasteiger partial charge in [0.15, 0.2) is 0 Å². The van der Waals surface area contributed by atoms with E-state index in [1.54, 1.807) is 0 Å². The van der Waals surface area contributed by atoms with Gasteiger partial charge in [-0.1, -0.05) is 83.5 Å². The standard InChI is InChI=1S/C27H38N2/c1-6-10-23-15-24(11-7-2)17-25(16-23)20-29(21(5)19-28)27-14-13-22(9-4)18-26(27)12-8-3/h9,13-18H,4-8,10-12,19-20,28H2,1-3H3. The highest BCUT2D eigenvalue weighted by atomic mass is 15.1. The van der Waals surface area contributed by atoms with Crippen molar-refractivity contribution in [2.45, 2.75) is 65.8 Å². The third-order valence-corrected chi connectivity index (χ3v) is 5.30. The summed E-state index contributed by atoms with van der Waals surface area (Å²) in [5.41, 5.74) is 14.9. The molecule has 0 fully saturated rings. The molecule has 0 aliphatic heterocycles. The van der Waals surface area contributed by atoms with Crippen molar-refractivity contribution in [3.05, 3.63) is 83.1 Å². The van der Waals surface area contributed by atoms with Gasteiger partial charge in [-0.05, 0) is 59.2 Å². The molecule has 0 aliphatic carbocycles. The van der Waals surface area contributed by atoms with Crippen LogP contribution in [0.25, 0.3) is 6.08 Å². The zero-order valence-corrected chi connectivity index (χ0v) is 18.6. The highest BCUT2D eigenvalue weighted by Gasteiger charge is 2.15. The summed E-state index contributed by atoms with van der Waals surface area (Å²) in [6, 6.07) is 13.7. The minimum absolute atomic E-state index is 0.450. The van der Waals surface area contributed by atoms with E-state index in [-0.39, 0.29) is 0 Å². The lowest BCUT2D eigenvalue weighted by atomic mass is 9.98. The minimum Gasteiger partial charge on any atom is -0.340 e. The maximum Gasteiger partial charge on any atom is 0.0479 e. The molecule has 2 rings (SSSR count). The Balaban J connectivity index is 2.47. The third kappa shape index (κ3) is 6.33. The Kier molecular flexibility index (Phi) is 9.21. The van der Waals surface area contributed by atoms with Crippen LogP contribution >= 0.6 is 0 Å². The smallest absolute Gasteiger partial charge is 0.0479 e. The molecule has 2 aromatic carbocycles. The first-order valence-corrected chi connectivity index (χ1v) is 11.1. The van der Waals surface area contributed by atoms with Crippen molar-refractivity contribution in [2.75, 3.05) is 11.4 Å². The molecular formula is C27H38N2. The second kappa shape index (κ2) is 11.6. The van der Waals surface area contributed by atoms with Crippen LogP contribution in [0.1, 0.15) is 67.9 Å². The summed E-state index contributed by atoms with van der Waals surface area (Å²) < 4.78 is 0. The fraction of sp³-hybridized carbons (Fsp3) is 0.407. The van der Waals surface area contributed by atoms with E-state index in [0.29, 0.717) is 6.54 Å². The molecule has 0 aliphatic rings. The van der Waals surface area contributed by atoms with Crippen molar-refractivity contribution >= 4 is 11.8 Å². The molecule has 2 heteroatoms. The molecule has 0 atom stereocenters. The van der Waals surface area contributed by atoms with Crippen molar-refractivity contribution in [2.24, 2.45) is 5.73 Å². The van der Waals surface area contributed by atoms with Crippen molar-refractivity contribution < 1.29 is 0 Å². The summed E-state index contributed by atoms with van der Waals surface area (Å²) >= 11 is 0. The quantitative estimate of drug-likeness (QED) is 0.439. The van der Waals surface area contributed by atoms with Crippen LogP contribution in [0.3, 0.4) is 0 Å². The van der Waals surface area contributed by atoms with Gasteiger partial charge < -0.3 is 10.6 Å². The van der Waals surface area contributed by atoms with E-state index in [9.17, 15) is 0 Å². The number of rotatable bonds is 12. The van der Waals surface area contributed by atoms with Crippen LogP contribution in [0.2, 0.25) is 0 Å². The highest BCUT2D eigenvalue weighted by Crippen LogP contribution is 2.29. The van der Waals surface area contributed by atoms with E-state index < -0.39 is 0 Å². The van der Waals surface area contributed by atoms with Crippen molar-refractivity contribution in [3.63, 3.8) is 0 Å². The molecule has 2 N–H and O–H groups in total. The van der Waals surface area contributed by atoms with Crippen LogP contribution in [0.4, 0.5) is 5.69 Å². The van der Waals surface area contributed by atoms with Gasteiger partial charge in [0.05, 0.1) is 0 Å². The van der Waals surface area contributed by atoms with Gasteiger partial charge in [0.2, 0.25) is 0 Å². The largest absolute Gasteiger partial charge is 0.340 e. The first-order chi connectivity index (χ1) is 14.1. The third-order valence-electron chi connectivity index (χ3n) is 5.30. The summed E-state index contributed by atoms with van der Waals surface area (Å²) in [5.74, 6) is 0. The number of aryl methyl sites for hydroxylation is 3. The maximum absolute atomic E-state index is 6.04. The second-order valence-electron chi connectivity index (χ2n) is 7.86. The molecule has 0 unspecified atom stereocenters. The summed E-state index contributed by atoms with van der Waals surface area (Å²) in [5, 5.41) is 0. The summed E-state index contributed by atoms with van der Waals surface area (Å²) in [4.78, 5) is 2.30. The first-order valence-electron chi connectivity index (χ1n) is 11.1. The van der Waals surface area contributed by atoms with Crippen molar-refractivity contribution in [1.82, 2.24) is 0 Å². The van der Waals surface area contributed by atoms with Gasteiger partial charge in [-0.15, -0.1) is 0 Å². The number of hydrogen-bond donors (Lipinski definition) is 1. The Labute approximate surface area is 178 Å². The van der Waals surface area contributed by atoms with Crippen molar-refractivity contribution in [1.29, 1.82) is 0 Å². The Morgan fingerprint density at radius 2 is 1.48 bits per heavy atom. The van der Waals surface area contributed by atoms with E-state index in [0.717, 1.165) is 56.3 Å². The first kappa shape index (κ1) is 23.0. The highest BCUT2D eigenvalue weighted by molar-refractivity contribution is 5.63. The Hall–Kier alpha value is -2.32. The summed E-state index contributed by atoms with van der Waals surface area (Å²) in [6.45, 7) is 16.2. The van der Waals surface area contributed by atoms with Gasteiger partial charge in [-0.2, -0.15) is 0 Å². The number of anilines is 1. The topological polar surface area (TPSA) is 29.3 Å². The molecule has 2 nitrogen and oxygen atoms in total. The molecule has 0 spiro atoms. The zero-order chi connectivity index (χ0) is 21.2. The predicted molar refractivity (Wildman–Crippen MR) is 129 cm³/mol. The molecule has 0 saturated carbocycles. The lowest BCUT2D eigenvalue weighted by molar-refractivity contribution is 0.844. The van der Waals surface area contributed by atoms with E-state index >= 15 is 0 Å². The average molecular weight is 391 g/mol. The minimum atomic E-state index is 0.450. The molecule has 29 heavy (non-hydrogen) atoms. The monoisotopic (exact) mass is 390 g/mol. The molecule has 0 heterocycles. The van der Waals surface area contributed by atoms with E-state index in [1.165, 1.54) is 27.9 Å². The van der Waals surface area contributed by atoms with Crippen LogP contribution in [0, 0.1) is 0 Å². The van der Waals surface area contributed by atoms with Gasteiger partial charge in [0.25, 0.3) is 0 Å². The molecule has 0 saturated heterocycles. The van der Waals surface area contributed by atoms with Crippen molar-refractivity contribution in [3.8, 4) is 0 Å². The summed E-state index contributed by atoms with van der Waals surface area (Å²) in [6.07, 6.45) is 8.62. The molecule has 0 aromatic heterocycles. The molecule has 0 radical (unpaired) electrons. The zero-order valence-electron chi connectivity index (χ0n) is 18.6. The second-order valence-corrected chi connectivity index (χ2v) is 7.86. The average Bonchev–Trinajstić information content (AvgIpc) is 2.72. The Morgan fingerprint density at radius 1 is 0.897 bits per heavy atom. The molecule has 2 aromatic rings. The lowest BCUT2D eigenvalue weighted by Gasteiger charge is -2.29. The molecule has 0 bridgehead atoms. The van der Waals surface area contributed by atoms with Gasteiger partial charge in [0.1, 0.15) is 0 Å². The number of benzene rings is 2. The molecule has 0 amide bonds. The van der Waals surface area contributed by atoms with Gasteiger partial charge >= 0.3 is 0 Å². The maximum atomic E-state index is 6.04. The van der Waals surface area contributed by atoms with E-state index in [4.69, 9.17) is 5.73 Å². The molecule has 156 valence electrons. The molecular weight excluding hydrogens is 352 g/mol. The van der Waals surface area contributed by atoms with Crippen LogP contribution in [0.15, 0.2) is 55.3 Å². The number of nitrogens with two attached hydrogens (primary N) is 1. The predicted octanol–water partition coefficient (Wildman–Crippen LogP) is 6.67. The number of hydrogen-bond acceptors (Lipinski definition) is 2. The van der Waals surface area contributed by atoms with Gasteiger partial charge in [0, 0.05) is 24.5 Å². The van der Waals surface area contributed by atoms with Crippen LogP contribution < -0.4 is 10.6 Å². The Morgan fingerprint density at radius 3 is 2.00 bits per heavy atom.